The molecule has 29 heavy (non-hydrogen) atoms. The molecule has 7 nitrogen and oxygen atoms in total. The van der Waals surface area contributed by atoms with Crippen LogP contribution in [0, 0.1) is 0 Å². The van der Waals surface area contributed by atoms with Gasteiger partial charge in [-0.15, -0.1) is 0 Å². The lowest BCUT2D eigenvalue weighted by Crippen LogP contribution is -2.47. The van der Waals surface area contributed by atoms with Crippen LogP contribution in [0.4, 0.5) is 0 Å². The van der Waals surface area contributed by atoms with Gasteiger partial charge in [0.25, 0.3) is 0 Å². The molecule has 3 rings (SSSR count). The van der Waals surface area contributed by atoms with Crippen molar-refractivity contribution in [1.29, 1.82) is 0 Å². The van der Waals surface area contributed by atoms with Crippen LogP contribution in [0.2, 0.25) is 0 Å². The second kappa shape index (κ2) is 8.63. The maximum atomic E-state index is 13.2. The van der Waals surface area contributed by atoms with Crippen LogP contribution in [0.1, 0.15) is 26.3 Å². The third-order valence-corrected chi connectivity index (χ3v) is 9.85. The van der Waals surface area contributed by atoms with E-state index >= 15 is 0 Å². The van der Waals surface area contributed by atoms with E-state index in [0.717, 1.165) is 25.2 Å². The smallest absolute Gasteiger partial charge is 0.183 e. The van der Waals surface area contributed by atoms with Crippen LogP contribution < -0.4 is 5.32 Å². The molecule has 0 aromatic heterocycles. The van der Waals surface area contributed by atoms with Crippen molar-refractivity contribution in [3.63, 3.8) is 0 Å². The summed E-state index contributed by atoms with van der Waals surface area (Å²) in [4.78, 5) is 2.42. The fourth-order valence-corrected chi connectivity index (χ4v) is 8.58. The Labute approximate surface area is 174 Å². The highest BCUT2D eigenvalue weighted by Gasteiger charge is 2.45. The molecule has 2 unspecified atom stereocenters. The number of ether oxygens (including phenoxy) is 1. The summed E-state index contributed by atoms with van der Waals surface area (Å²) in [6.07, 6.45) is 0. The molecule has 164 valence electrons. The molecule has 9 heteroatoms. The molecule has 0 spiro atoms. The first-order valence-corrected chi connectivity index (χ1v) is 13.4. The van der Waals surface area contributed by atoms with Gasteiger partial charge in [0.2, 0.25) is 0 Å². The molecule has 0 radical (unpaired) electrons. The lowest BCUT2D eigenvalue weighted by molar-refractivity contribution is 0.0382. The average Bonchev–Trinajstić information content (AvgIpc) is 2.97. The second-order valence-electron chi connectivity index (χ2n) is 8.95. The van der Waals surface area contributed by atoms with Gasteiger partial charge in [0.05, 0.1) is 34.9 Å². The van der Waals surface area contributed by atoms with Gasteiger partial charge in [0, 0.05) is 32.2 Å². The summed E-state index contributed by atoms with van der Waals surface area (Å²) < 4.78 is 56.3. The van der Waals surface area contributed by atoms with Gasteiger partial charge < -0.3 is 10.1 Å². The molecule has 2 aliphatic heterocycles. The molecule has 1 aromatic carbocycles. The molecule has 2 aliphatic rings. The van der Waals surface area contributed by atoms with Crippen LogP contribution in [-0.4, -0.2) is 83.9 Å². The third-order valence-electron chi connectivity index (χ3n) is 5.69. The highest BCUT2D eigenvalue weighted by molar-refractivity contribution is 7.96. The predicted octanol–water partition coefficient (Wildman–Crippen LogP) is 0.845. The number of hydrogen-bond acceptors (Lipinski definition) is 7. The van der Waals surface area contributed by atoms with E-state index in [9.17, 15) is 16.8 Å². The van der Waals surface area contributed by atoms with Gasteiger partial charge in [-0.25, -0.2) is 16.8 Å². The predicted molar refractivity (Wildman–Crippen MR) is 114 cm³/mol. The SMILES string of the molecule is CC(C)(C)c1ccc(S(=O)(=O)C2CS(=O)(=O)CC2NCCN2CCOCC2)cc1. The van der Waals surface area contributed by atoms with E-state index in [1.807, 2.05) is 12.1 Å². The Hall–Kier alpha value is -1.00. The number of nitrogens with one attached hydrogen (secondary N) is 1. The van der Waals surface area contributed by atoms with Gasteiger partial charge in [-0.3, -0.25) is 4.90 Å². The molecule has 0 saturated carbocycles. The topological polar surface area (TPSA) is 92.8 Å². The third kappa shape index (κ3) is 5.58. The van der Waals surface area contributed by atoms with Crippen molar-refractivity contribution in [2.24, 2.45) is 0 Å². The normalized spacial score (nSPS) is 25.9. The Morgan fingerprint density at radius 2 is 1.72 bits per heavy atom. The first-order valence-electron chi connectivity index (χ1n) is 10.1. The highest BCUT2D eigenvalue weighted by Crippen LogP contribution is 2.28. The lowest BCUT2D eigenvalue weighted by atomic mass is 9.87. The molecule has 2 saturated heterocycles. The minimum Gasteiger partial charge on any atom is -0.379 e. The number of nitrogens with zero attached hydrogens (tertiary/aromatic N) is 1. The molecular formula is C20H32N2O5S2. The molecular weight excluding hydrogens is 412 g/mol. The molecule has 2 fully saturated rings. The van der Waals surface area contributed by atoms with Gasteiger partial charge in [-0.1, -0.05) is 32.9 Å². The maximum Gasteiger partial charge on any atom is 0.183 e. The zero-order valence-electron chi connectivity index (χ0n) is 17.4. The molecule has 0 bridgehead atoms. The minimum absolute atomic E-state index is 0.0808. The largest absolute Gasteiger partial charge is 0.379 e. The van der Waals surface area contributed by atoms with Crippen LogP contribution in [0.5, 0.6) is 0 Å². The highest BCUT2D eigenvalue weighted by atomic mass is 32.2. The summed E-state index contributed by atoms with van der Waals surface area (Å²) in [5.41, 5.74) is 0.957. The Bertz CT molecular complexity index is 899. The fraction of sp³-hybridized carbons (Fsp3) is 0.700. The van der Waals surface area contributed by atoms with E-state index in [1.165, 1.54) is 0 Å². The summed E-state index contributed by atoms with van der Waals surface area (Å²) in [5.74, 6) is -0.467. The molecule has 0 aliphatic carbocycles. The first-order chi connectivity index (χ1) is 13.5. The van der Waals surface area contributed by atoms with E-state index in [1.54, 1.807) is 12.1 Å². The van der Waals surface area contributed by atoms with Gasteiger partial charge >= 0.3 is 0 Å². The second-order valence-corrected chi connectivity index (χ2v) is 13.3. The molecule has 2 heterocycles. The van der Waals surface area contributed by atoms with Crippen molar-refractivity contribution in [2.45, 2.75) is 42.4 Å². The maximum absolute atomic E-state index is 13.2. The van der Waals surface area contributed by atoms with Crippen LogP contribution in [0.15, 0.2) is 29.2 Å². The summed E-state index contributed by atoms with van der Waals surface area (Å²) in [6, 6.07) is 6.25. The Kier molecular flexibility index (Phi) is 6.75. The van der Waals surface area contributed by atoms with Crippen molar-refractivity contribution in [3.05, 3.63) is 29.8 Å². The number of rotatable bonds is 6. The quantitative estimate of drug-likeness (QED) is 0.695. The molecule has 0 amide bonds. The van der Waals surface area contributed by atoms with Crippen LogP contribution in [-0.2, 0) is 29.8 Å². The number of hydrogen-bond donors (Lipinski definition) is 1. The van der Waals surface area contributed by atoms with E-state index in [2.05, 4.69) is 31.0 Å². The minimum atomic E-state index is -3.75. The summed E-state index contributed by atoms with van der Waals surface area (Å²) in [7, 11) is -7.15. The van der Waals surface area contributed by atoms with Crippen molar-refractivity contribution >= 4 is 19.7 Å². The number of benzene rings is 1. The van der Waals surface area contributed by atoms with Crippen molar-refractivity contribution < 1.29 is 21.6 Å². The Morgan fingerprint density at radius 1 is 1.10 bits per heavy atom. The van der Waals surface area contributed by atoms with Gasteiger partial charge in [-0.2, -0.15) is 0 Å². The van der Waals surface area contributed by atoms with Crippen molar-refractivity contribution in [1.82, 2.24) is 10.2 Å². The first kappa shape index (κ1) is 22.7. The lowest BCUT2D eigenvalue weighted by Gasteiger charge is -2.28. The molecule has 1 N–H and O–H groups in total. The Morgan fingerprint density at radius 3 is 2.31 bits per heavy atom. The fourth-order valence-electron chi connectivity index (χ4n) is 3.86. The van der Waals surface area contributed by atoms with E-state index < -0.39 is 31.0 Å². The van der Waals surface area contributed by atoms with E-state index in [4.69, 9.17) is 4.74 Å². The summed E-state index contributed by atoms with van der Waals surface area (Å²) in [5, 5.41) is 2.24. The van der Waals surface area contributed by atoms with E-state index in [0.29, 0.717) is 19.8 Å². The summed E-state index contributed by atoms with van der Waals surface area (Å²) >= 11 is 0. The average molecular weight is 445 g/mol. The van der Waals surface area contributed by atoms with Gasteiger partial charge in [0.1, 0.15) is 0 Å². The zero-order chi connectivity index (χ0) is 21.3. The van der Waals surface area contributed by atoms with Crippen LogP contribution in [0.25, 0.3) is 0 Å². The number of morpholine rings is 1. The molecule has 2 atom stereocenters. The number of sulfone groups is 2. The zero-order valence-corrected chi connectivity index (χ0v) is 19.1. The van der Waals surface area contributed by atoms with E-state index in [-0.39, 0.29) is 21.8 Å². The molecule has 1 aromatic rings. The van der Waals surface area contributed by atoms with Crippen LogP contribution in [0.3, 0.4) is 0 Å². The van der Waals surface area contributed by atoms with Gasteiger partial charge in [-0.05, 0) is 23.1 Å². The Balaban J connectivity index is 1.72. The van der Waals surface area contributed by atoms with Gasteiger partial charge in [0.15, 0.2) is 19.7 Å². The van der Waals surface area contributed by atoms with Crippen LogP contribution >= 0.6 is 0 Å². The van der Waals surface area contributed by atoms with Crippen molar-refractivity contribution in [3.8, 4) is 0 Å². The van der Waals surface area contributed by atoms with Crippen molar-refractivity contribution in [2.75, 3.05) is 50.9 Å². The standard InChI is InChI=1S/C20H32N2O5S2/c1-20(2,3)16-4-6-17(7-5-16)29(25,26)19-15-28(23,24)14-18(19)21-8-9-22-10-12-27-13-11-22/h4-7,18-19,21H,8-15H2,1-3H3. The monoisotopic (exact) mass is 444 g/mol. The summed E-state index contributed by atoms with van der Waals surface area (Å²) in [6.45, 7) is 10.6.